The van der Waals surface area contributed by atoms with Crippen molar-refractivity contribution in [3.63, 3.8) is 0 Å². The van der Waals surface area contributed by atoms with Crippen LogP contribution in [0.3, 0.4) is 0 Å². The van der Waals surface area contributed by atoms with Gasteiger partial charge in [-0.15, -0.1) is 0 Å². The summed E-state index contributed by atoms with van der Waals surface area (Å²) in [5.74, 6) is 0.106. The second-order valence-electron chi connectivity index (χ2n) is 3.89. The number of halogens is 3. The van der Waals surface area contributed by atoms with Crippen LogP contribution in [-0.2, 0) is 0 Å². The SMILES string of the molecule is Nc1nc(NCC(O)C(F)(F)F)c2ccccc2n1. The molecule has 0 spiro atoms. The third-order valence-electron chi connectivity index (χ3n) is 2.46. The van der Waals surface area contributed by atoms with Crippen molar-refractivity contribution in [3.8, 4) is 0 Å². The third kappa shape index (κ3) is 3.02. The summed E-state index contributed by atoms with van der Waals surface area (Å²) in [5.41, 5.74) is 5.98. The first kappa shape index (κ1) is 13.3. The van der Waals surface area contributed by atoms with Crippen molar-refractivity contribution in [1.82, 2.24) is 9.97 Å². The molecular formula is C11H11F3N4O. The van der Waals surface area contributed by atoms with E-state index in [4.69, 9.17) is 10.8 Å². The molecule has 2 rings (SSSR count). The number of benzene rings is 1. The van der Waals surface area contributed by atoms with Crippen LogP contribution >= 0.6 is 0 Å². The van der Waals surface area contributed by atoms with E-state index in [0.29, 0.717) is 10.9 Å². The Kier molecular flexibility index (Phi) is 3.43. The lowest BCUT2D eigenvalue weighted by Crippen LogP contribution is -2.35. The molecule has 4 N–H and O–H groups in total. The van der Waals surface area contributed by atoms with Crippen molar-refractivity contribution in [2.45, 2.75) is 12.3 Å². The maximum absolute atomic E-state index is 12.2. The maximum Gasteiger partial charge on any atom is 0.416 e. The Morgan fingerprint density at radius 2 is 1.95 bits per heavy atom. The molecular weight excluding hydrogens is 261 g/mol. The number of nitrogens with one attached hydrogen (secondary N) is 1. The number of rotatable bonds is 3. The summed E-state index contributed by atoms with van der Waals surface area (Å²) in [5, 5.41) is 11.9. The van der Waals surface area contributed by atoms with Crippen LogP contribution in [0.25, 0.3) is 10.9 Å². The van der Waals surface area contributed by atoms with Crippen molar-refractivity contribution in [2.75, 3.05) is 17.6 Å². The summed E-state index contributed by atoms with van der Waals surface area (Å²) < 4.78 is 36.6. The number of alkyl halides is 3. The van der Waals surface area contributed by atoms with Crippen LogP contribution in [-0.4, -0.2) is 33.9 Å². The summed E-state index contributed by atoms with van der Waals surface area (Å²) >= 11 is 0. The van der Waals surface area contributed by atoms with E-state index in [1.165, 1.54) is 0 Å². The fraction of sp³-hybridized carbons (Fsp3) is 0.273. The van der Waals surface area contributed by atoms with Gasteiger partial charge in [-0.2, -0.15) is 18.2 Å². The number of aromatic nitrogens is 2. The lowest BCUT2D eigenvalue weighted by Gasteiger charge is -2.16. The molecule has 0 saturated heterocycles. The van der Waals surface area contributed by atoms with Gasteiger partial charge in [-0.05, 0) is 12.1 Å². The van der Waals surface area contributed by atoms with Gasteiger partial charge in [0.15, 0.2) is 6.10 Å². The minimum absolute atomic E-state index is 0.0531. The minimum Gasteiger partial charge on any atom is -0.382 e. The van der Waals surface area contributed by atoms with E-state index in [1.54, 1.807) is 24.3 Å². The van der Waals surface area contributed by atoms with E-state index in [1.807, 2.05) is 0 Å². The number of hydrogen-bond acceptors (Lipinski definition) is 5. The highest BCUT2D eigenvalue weighted by Gasteiger charge is 2.37. The van der Waals surface area contributed by atoms with Crippen molar-refractivity contribution < 1.29 is 18.3 Å². The molecule has 8 heteroatoms. The number of hydrogen-bond donors (Lipinski definition) is 3. The van der Waals surface area contributed by atoms with Crippen LogP contribution in [0, 0.1) is 0 Å². The number of anilines is 2. The lowest BCUT2D eigenvalue weighted by molar-refractivity contribution is -0.198. The van der Waals surface area contributed by atoms with Crippen LogP contribution in [0.1, 0.15) is 0 Å². The predicted octanol–water partition coefficient (Wildman–Crippen LogP) is 1.55. The van der Waals surface area contributed by atoms with E-state index < -0.39 is 18.8 Å². The Bertz CT molecular complexity index is 588. The minimum atomic E-state index is -4.68. The summed E-state index contributed by atoms with van der Waals surface area (Å²) in [4.78, 5) is 7.79. The normalized spacial score (nSPS) is 13.5. The molecule has 1 aromatic carbocycles. The Morgan fingerprint density at radius 1 is 1.26 bits per heavy atom. The molecule has 0 aliphatic heterocycles. The van der Waals surface area contributed by atoms with Gasteiger partial charge in [0.05, 0.1) is 12.1 Å². The number of fused-ring (bicyclic) bond motifs is 1. The average Bonchev–Trinajstić information content (AvgIpc) is 2.34. The summed E-state index contributed by atoms with van der Waals surface area (Å²) in [6, 6.07) is 6.74. The van der Waals surface area contributed by atoms with Crippen LogP contribution in [0.4, 0.5) is 24.9 Å². The number of aliphatic hydroxyl groups excluding tert-OH is 1. The molecule has 0 aliphatic rings. The van der Waals surface area contributed by atoms with E-state index in [0.717, 1.165) is 0 Å². The topological polar surface area (TPSA) is 84.1 Å². The molecule has 0 fully saturated rings. The van der Waals surface area contributed by atoms with Crippen molar-refractivity contribution in [1.29, 1.82) is 0 Å². The fourth-order valence-electron chi connectivity index (χ4n) is 1.54. The highest BCUT2D eigenvalue weighted by atomic mass is 19.4. The van der Waals surface area contributed by atoms with Crippen molar-refractivity contribution >= 4 is 22.7 Å². The molecule has 5 nitrogen and oxygen atoms in total. The molecule has 0 aliphatic carbocycles. The van der Waals surface area contributed by atoms with Gasteiger partial charge in [0.2, 0.25) is 5.95 Å². The quantitative estimate of drug-likeness (QED) is 0.789. The molecule has 0 saturated carbocycles. The number of nitrogen functional groups attached to an aromatic ring is 1. The van der Waals surface area contributed by atoms with E-state index in [9.17, 15) is 13.2 Å². The smallest absolute Gasteiger partial charge is 0.382 e. The van der Waals surface area contributed by atoms with E-state index >= 15 is 0 Å². The second kappa shape index (κ2) is 4.88. The van der Waals surface area contributed by atoms with Crippen LogP contribution in [0.15, 0.2) is 24.3 Å². The molecule has 1 atom stereocenters. The van der Waals surface area contributed by atoms with Gasteiger partial charge in [0.1, 0.15) is 5.82 Å². The zero-order valence-electron chi connectivity index (χ0n) is 9.65. The molecule has 0 bridgehead atoms. The van der Waals surface area contributed by atoms with Gasteiger partial charge in [-0.3, -0.25) is 0 Å². The zero-order chi connectivity index (χ0) is 14.0. The van der Waals surface area contributed by atoms with Gasteiger partial charge < -0.3 is 16.2 Å². The lowest BCUT2D eigenvalue weighted by atomic mass is 10.2. The average molecular weight is 272 g/mol. The first-order chi connectivity index (χ1) is 8.88. The fourth-order valence-corrected chi connectivity index (χ4v) is 1.54. The summed E-state index contributed by atoms with van der Waals surface area (Å²) in [6.07, 6.45) is -7.15. The van der Waals surface area contributed by atoms with Gasteiger partial charge in [0, 0.05) is 5.39 Å². The Balaban J connectivity index is 2.25. The number of aliphatic hydroxyl groups is 1. The molecule has 102 valence electrons. The molecule has 1 heterocycles. The molecule has 0 radical (unpaired) electrons. The predicted molar refractivity (Wildman–Crippen MR) is 64.5 cm³/mol. The summed E-state index contributed by atoms with van der Waals surface area (Å²) in [7, 11) is 0. The third-order valence-corrected chi connectivity index (χ3v) is 2.46. The van der Waals surface area contributed by atoms with Crippen LogP contribution < -0.4 is 11.1 Å². The van der Waals surface area contributed by atoms with Gasteiger partial charge in [0.25, 0.3) is 0 Å². The largest absolute Gasteiger partial charge is 0.416 e. The zero-order valence-corrected chi connectivity index (χ0v) is 9.65. The number of nitrogens with zero attached hydrogens (tertiary/aromatic N) is 2. The highest BCUT2D eigenvalue weighted by Crippen LogP contribution is 2.23. The Labute approximate surface area is 106 Å². The van der Waals surface area contributed by atoms with Crippen molar-refractivity contribution in [2.24, 2.45) is 0 Å². The first-order valence-electron chi connectivity index (χ1n) is 5.39. The van der Waals surface area contributed by atoms with Crippen LogP contribution in [0.5, 0.6) is 0 Å². The Hall–Kier alpha value is -2.09. The van der Waals surface area contributed by atoms with E-state index in [2.05, 4.69) is 15.3 Å². The standard InChI is InChI=1S/C11H11F3N4O/c12-11(13,14)8(19)5-16-9-6-3-1-2-4-7(6)17-10(15)18-9/h1-4,8,19H,5H2,(H3,15,16,17,18). The Morgan fingerprint density at radius 3 is 2.63 bits per heavy atom. The molecule has 1 unspecified atom stereocenters. The highest BCUT2D eigenvalue weighted by molar-refractivity contribution is 5.89. The van der Waals surface area contributed by atoms with Crippen LogP contribution in [0.2, 0.25) is 0 Å². The summed E-state index contributed by atoms with van der Waals surface area (Å²) in [6.45, 7) is -0.704. The second-order valence-corrected chi connectivity index (χ2v) is 3.89. The molecule has 1 aromatic heterocycles. The number of nitrogens with two attached hydrogens (primary N) is 1. The molecule has 2 aromatic rings. The first-order valence-corrected chi connectivity index (χ1v) is 5.39. The molecule has 19 heavy (non-hydrogen) atoms. The number of para-hydroxylation sites is 1. The van der Waals surface area contributed by atoms with E-state index in [-0.39, 0.29) is 11.8 Å². The molecule has 0 amide bonds. The monoisotopic (exact) mass is 272 g/mol. The van der Waals surface area contributed by atoms with Crippen molar-refractivity contribution in [3.05, 3.63) is 24.3 Å². The maximum atomic E-state index is 12.2. The van der Waals surface area contributed by atoms with Gasteiger partial charge in [-0.25, -0.2) is 4.98 Å². The van der Waals surface area contributed by atoms with Gasteiger partial charge >= 0.3 is 6.18 Å². The van der Waals surface area contributed by atoms with Gasteiger partial charge in [-0.1, -0.05) is 12.1 Å².